The first kappa shape index (κ1) is 10.2. The average molecular weight is 194 g/mol. The Morgan fingerprint density at radius 3 is 2.71 bits per heavy atom. The zero-order valence-corrected chi connectivity index (χ0v) is 9.46. The highest BCUT2D eigenvalue weighted by atomic mass is 16.1. The van der Waals surface area contributed by atoms with Crippen molar-refractivity contribution in [3.05, 3.63) is 0 Å². The first-order valence-electron chi connectivity index (χ1n) is 6.27. The number of hydrogen-bond donors (Lipinski definition) is 0. The molecule has 0 aromatic heterocycles. The van der Waals surface area contributed by atoms with Crippen LogP contribution in [0.15, 0.2) is 0 Å². The smallest absolute Gasteiger partial charge is 0.139 e. The molecule has 2 saturated carbocycles. The molecule has 0 aliphatic heterocycles. The second-order valence-electron chi connectivity index (χ2n) is 5.28. The maximum absolute atomic E-state index is 12.2. The lowest BCUT2D eigenvalue weighted by molar-refractivity contribution is -0.135. The number of Topliss-reactive ketones (excluding diaryl/α,β-unsaturated/α-hetero) is 1. The maximum atomic E-state index is 12.2. The van der Waals surface area contributed by atoms with Crippen LogP contribution in [0.5, 0.6) is 0 Å². The Bertz CT molecular complexity index is 221. The minimum Gasteiger partial charge on any atom is -0.299 e. The van der Waals surface area contributed by atoms with Gasteiger partial charge in [-0.1, -0.05) is 26.7 Å². The van der Waals surface area contributed by atoms with Gasteiger partial charge in [-0.15, -0.1) is 0 Å². The molecule has 4 atom stereocenters. The number of ketones is 1. The largest absolute Gasteiger partial charge is 0.299 e. The van der Waals surface area contributed by atoms with Crippen molar-refractivity contribution in [1.82, 2.24) is 0 Å². The molecule has 0 aromatic carbocycles. The molecule has 0 spiro atoms. The molecule has 1 heteroatoms. The zero-order valence-electron chi connectivity index (χ0n) is 9.46. The van der Waals surface area contributed by atoms with E-state index in [-0.39, 0.29) is 0 Å². The third-order valence-corrected chi connectivity index (χ3v) is 4.46. The van der Waals surface area contributed by atoms with Gasteiger partial charge >= 0.3 is 0 Å². The molecular formula is C13H22O. The quantitative estimate of drug-likeness (QED) is 0.625. The number of fused-ring (bicyclic) bond motifs is 1. The maximum Gasteiger partial charge on any atom is 0.139 e. The van der Waals surface area contributed by atoms with Gasteiger partial charge in [0.15, 0.2) is 0 Å². The molecule has 0 saturated heterocycles. The second-order valence-corrected chi connectivity index (χ2v) is 5.28. The number of hydrogen-bond acceptors (Lipinski definition) is 1. The van der Waals surface area contributed by atoms with E-state index in [2.05, 4.69) is 13.8 Å². The van der Waals surface area contributed by atoms with E-state index in [4.69, 9.17) is 0 Å². The van der Waals surface area contributed by atoms with Crippen LogP contribution in [0.4, 0.5) is 0 Å². The Hall–Kier alpha value is -0.330. The van der Waals surface area contributed by atoms with Gasteiger partial charge in [-0.05, 0) is 37.5 Å². The second kappa shape index (κ2) is 4.04. The van der Waals surface area contributed by atoms with Gasteiger partial charge in [0.25, 0.3) is 0 Å². The van der Waals surface area contributed by atoms with Gasteiger partial charge in [-0.3, -0.25) is 4.79 Å². The topological polar surface area (TPSA) is 17.1 Å². The summed E-state index contributed by atoms with van der Waals surface area (Å²) in [5.74, 6) is 2.85. The van der Waals surface area contributed by atoms with Crippen LogP contribution in [-0.4, -0.2) is 5.78 Å². The van der Waals surface area contributed by atoms with E-state index >= 15 is 0 Å². The molecule has 2 rings (SSSR count). The van der Waals surface area contributed by atoms with E-state index in [1.807, 2.05) is 0 Å². The Labute approximate surface area is 87.3 Å². The van der Waals surface area contributed by atoms with Crippen LogP contribution in [0.2, 0.25) is 0 Å². The van der Waals surface area contributed by atoms with Crippen molar-refractivity contribution in [2.45, 2.75) is 52.4 Å². The lowest BCUT2D eigenvalue weighted by atomic mass is 9.62. The van der Waals surface area contributed by atoms with Crippen LogP contribution in [0.25, 0.3) is 0 Å². The molecule has 0 amide bonds. The normalized spacial score (nSPS) is 43.4. The summed E-state index contributed by atoms with van der Waals surface area (Å²) < 4.78 is 0. The van der Waals surface area contributed by atoms with Crippen LogP contribution >= 0.6 is 0 Å². The summed E-state index contributed by atoms with van der Waals surface area (Å²) in [5.41, 5.74) is 0. The fraction of sp³-hybridized carbons (Fsp3) is 0.923. The van der Waals surface area contributed by atoms with Gasteiger partial charge in [0.2, 0.25) is 0 Å². The van der Waals surface area contributed by atoms with Crippen molar-refractivity contribution >= 4 is 5.78 Å². The minimum atomic E-state index is 0.400. The van der Waals surface area contributed by atoms with Gasteiger partial charge in [0, 0.05) is 11.8 Å². The molecular weight excluding hydrogens is 172 g/mol. The zero-order chi connectivity index (χ0) is 10.1. The summed E-state index contributed by atoms with van der Waals surface area (Å²) in [5, 5.41) is 0. The Morgan fingerprint density at radius 1 is 1.21 bits per heavy atom. The summed E-state index contributed by atoms with van der Waals surface area (Å²) >= 11 is 0. The standard InChI is InChI=1S/C13H22O/c1-3-10-7-8-11-6-4-5-9(2)12(11)13(10)14/h9-12H,3-8H2,1-2H3. The summed E-state index contributed by atoms with van der Waals surface area (Å²) in [6.07, 6.45) is 7.50. The first-order chi connectivity index (χ1) is 6.74. The number of rotatable bonds is 1. The molecule has 2 fully saturated rings. The highest BCUT2D eigenvalue weighted by Gasteiger charge is 2.41. The van der Waals surface area contributed by atoms with E-state index in [1.54, 1.807) is 0 Å². The summed E-state index contributed by atoms with van der Waals surface area (Å²) in [6.45, 7) is 4.45. The molecule has 1 nitrogen and oxygen atoms in total. The van der Waals surface area contributed by atoms with Crippen LogP contribution in [0.3, 0.4) is 0 Å². The molecule has 0 N–H and O–H groups in total. The van der Waals surface area contributed by atoms with Gasteiger partial charge in [-0.25, -0.2) is 0 Å². The van der Waals surface area contributed by atoms with Crippen molar-refractivity contribution in [2.75, 3.05) is 0 Å². The Morgan fingerprint density at radius 2 is 2.00 bits per heavy atom. The molecule has 14 heavy (non-hydrogen) atoms. The van der Waals surface area contributed by atoms with Gasteiger partial charge in [0.05, 0.1) is 0 Å². The predicted octanol–water partition coefficient (Wildman–Crippen LogP) is 3.43. The first-order valence-corrected chi connectivity index (χ1v) is 6.27. The molecule has 0 heterocycles. The Kier molecular flexibility index (Phi) is 2.94. The monoisotopic (exact) mass is 194 g/mol. The third-order valence-electron chi connectivity index (χ3n) is 4.46. The fourth-order valence-corrected chi connectivity index (χ4v) is 3.60. The van der Waals surface area contributed by atoms with E-state index in [9.17, 15) is 4.79 Å². The van der Waals surface area contributed by atoms with E-state index in [0.717, 1.165) is 12.3 Å². The van der Waals surface area contributed by atoms with Crippen LogP contribution in [-0.2, 0) is 4.79 Å². The predicted molar refractivity (Wildman–Crippen MR) is 58.0 cm³/mol. The summed E-state index contributed by atoms with van der Waals surface area (Å²) in [7, 11) is 0. The van der Waals surface area contributed by atoms with E-state index in [0.29, 0.717) is 23.5 Å². The third kappa shape index (κ3) is 1.62. The van der Waals surface area contributed by atoms with Gasteiger partial charge in [-0.2, -0.15) is 0 Å². The van der Waals surface area contributed by atoms with Crippen molar-refractivity contribution in [2.24, 2.45) is 23.7 Å². The highest BCUT2D eigenvalue weighted by molar-refractivity contribution is 5.84. The highest BCUT2D eigenvalue weighted by Crippen LogP contribution is 2.44. The fourth-order valence-electron chi connectivity index (χ4n) is 3.60. The Balaban J connectivity index is 2.12. The molecule has 0 radical (unpaired) electrons. The van der Waals surface area contributed by atoms with Crippen LogP contribution in [0, 0.1) is 23.7 Å². The van der Waals surface area contributed by atoms with Crippen molar-refractivity contribution in [3.63, 3.8) is 0 Å². The van der Waals surface area contributed by atoms with Crippen molar-refractivity contribution in [1.29, 1.82) is 0 Å². The van der Waals surface area contributed by atoms with Crippen molar-refractivity contribution < 1.29 is 4.79 Å². The van der Waals surface area contributed by atoms with Crippen LogP contribution in [0.1, 0.15) is 52.4 Å². The number of carbonyl (C=O) groups is 1. The average Bonchev–Trinajstić information content (AvgIpc) is 2.18. The summed E-state index contributed by atoms with van der Waals surface area (Å²) in [6, 6.07) is 0. The van der Waals surface area contributed by atoms with Crippen LogP contribution < -0.4 is 0 Å². The van der Waals surface area contributed by atoms with Gasteiger partial charge < -0.3 is 0 Å². The van der Waals surface area contributed by atoms with Gasteiger partial charge in [0.1, 0.15) is 5.78 Å². The van der Waals surface area contributed by atoms with Crippen molar-refractivity contribution in [3.8, 4) is 0 Å². The molecule has 80 valence electrons. The molecule has 0 bridgehead atoms. The number of carbonyl (C=O) groups excluding carboxylic acids is 1. The minimum absolute atomic E-state index is 0.400. The SMILES string of the molecule is CCC1CCC2CCCC(C)C2C1=O. The molecule has 0 aromatic rings. The lowest BCUT2D eigenvalue weighted by Gasteiger charge is -2.41. The molecule has 2 aliphatic carbocycles. The molecule has 4 unspecified atom stereocenters. The van der Waals surface area contributed by atoms with E-state index < -0.39 is 0 Å². The van der Waals surface area contributed by atoms with E-state index in [1.165, 1.54) is 32.1 Å². The molecule has 2 aliphatic rings. The lowest BCUT2D eigenvalue weighted by Crippen LogP contribution is -2.40. The summed E-state index contributed by atoms with van der Waals surface area (Å²) in [4.78, 5) is 12.2.